The first-order valence-electron chi connectivity index (χ1n) is 8.91. The van der Waals surface area contributed by atoms with Gasteiger partial charge < -0.3 is 4.74 Å². The van der Waals surface area contributed by atoms with Gasteiger partial charge in [-0.1, -0.05) is 42.0 Å². The molecule has 0 bridgehead atoms. The molecule has 0 N–H and O–H groups in total. The second-order valence-electron chi connectivity index (χ2n) is 6.57. The normalized spacial score (nSPS) is 11.1. The maximum Gasteiger partial charge on any atom is 0.270 e. The van der Waals surface area contributed by atoms with Gasteiger partial charge in [-0.15, -0.1) is 0 Å². The third kappa shape index (κ3) is 5.58. The number of hydrogen-bond acceptors (Lipinski definition) is 4. The van der Waals surface area contributed by atoms with Crippen molar-refractivity contribution >= 4 is 62.5 Å². The number of allylic oxidation sites excluding steroid dienone is 1. The highest BCUT2D eigenvalue weighted by molar-refractivity contribution is 14.1. The summed E-state index contributed by atoms with van der Waals surface area (Å²) in [5, 5.41) is 20.6. The summed E-state index contributed by atoms with van der Waals surface area (Å²) >= 11 is 4.43. The van der Waals surface area contributed by atoms with E-state index in [4.69, 9.17) is 4.74 Å². The van der Waals surface area contributed by atoms with Crippen molar-refractivity contribution in [3.8, 4) is 11.8 Å². The maximum atomic E-state index is 11.0. The van der Waals surface area contributed by atoms with Gasteiger partial charge in [0, 0.05) is 12.1 Å². The van der Waals surface area contributed by atoms with Crippen LogP contribution in [0.5, 0.6) is 5.75 Å². The lowest BCUT2D eigenvalue weighted by Crippen LogP contribution is -2.00. The van der Waals surface area contributed by atoms with Gasteiger partial charge in [-0.25, -0.2) is 0 Å². The molecule has 3 aromatic rings. The van der Waals surface area contributed by atoms with Crippen LogP contribution in [0.4, 0.5) is 5.69 Å². The Morgan fingerprint density at radius 3 is 2.47 bits per heavy atom. The molecule has 0 fully saturated rings. The van der Waals surface area contributed by atoms with Crippen LogP contribution in [0.15, 0.2) is 60.7 Å². The van der Waals surface area contributed by atoms with Crippen LogP contribution >= 0.6 is 45.2 Å². The van der Waals surface area contributed by atoms with Gasteiger partial charge in [0.05, 0.1) is 23.7 Å². The summed E-state index contributed by atoms with van der Waals surface area (Å²) in [6.07, 6.45) is 1.73. The molecule has 0 saturated heterocycles. The van der Waals surface area contributed by atoms with Gasteiger partial charge in [-0.3, -0.25) is 10.1 Å². The molecule has 0 saturated carbocycles. The number of nitrogens with zero attached hydrogens (tertiary/aromatic N) is 2. The fourth-order valence-corrected chi connectivity index (χ4v) is 5.02. The molecule has 0 heterocycles. The predicted molar refractivity (Wildman–Crippen MR) is 134 cm³/mol. The van der Waals surface area contributed by atoms with Gasteiger partial charge in [0.2, 0.25) is 0 Å². The van der Waals surface area contributed by atoms with E-state index in [0.717, 1.165) is 24.0 Å². The monoisotopic (exact) mass is 622 g/mol. The molecule has 0 atom stereocenters. The van der Waals surface area contributed by atoms with E-state index >= 15 is 0 Å². The molecule has 5 nitrogen and oxygen atoms in total. The van der Waals surface area contributed by atoms with E-state index in [1.54, 1.807) is 18.2 Å². The average molecular weight is 622 g/mol. The summed E-state index contributed by atoms with van der Waals surface area (Å²) in [6, 6.07) is 20.3. The first kappa shape index (κ1) is 22.2. The minimum atomic E-state index is -0.468. The van der Waals surface area contributed by atoms with Crippen molar-refractivity contribution in [1.82, 2.24) is 0 Å². The molecule has 0 aliphatic carbocycles. The molecule has 3 aromatic carbocycles. The third-order valence-corrected chi connectivity index (χ3v) is 5.89. The number of nitro benzene ring substituents is 1. The number of ether oxygens (including phenoxy) is 1. The average Bonchev–Trinajstić information content (AvgIpc) is 2.71. The summed E-state index contributed by atoms with van der Waals surface area (Å²) < 4.78 is 7.90. The molecule has 0 spiro atoms. The summed E-state index contributed by atoms with van der Waals surface area (Å²) in [6.45, 7) is 2.52. The predicted octanol–water partition coefficient (Wildman–Crippen LogP) is 6.76. The van der Waals surface area contributed by atoms with Crippen molar-refractivity contribution in [2.75, 3.05) is 0 Å². The molecule has 0 unspecified atom stereocenters. The van der Waals surface area contributed by atoms with Gasteiger partial charge in [0.15, 0.2) is 0 Å². The van der Waals surface area contributed by atoms with Crippen LogP contribution in [0.1, 0.15) is 22.3 Å². The zero-order valence-electron chi connectivity index (χ0n) is 15.9. The zero-order chi connectivity index (χ0) is 21.7. The molecule has 7 heteroatoms. The SMILES string of the molecule is Cc1cccc(COc2c(I)cc(/C=C(/C#N)c3cccc([N+](=O)[O-])c3)cc2I)c1. The molecule has 0 radical (unpaired) electrons. The van der Waals surface area contributed by atoms with Crippen molar-refractivity contribution in [2.45, 2.75) is 13.5 Å². The van der Waals surface area contributed by atoms with E-state index in [9.17, 15) is 15.4 Å². The van der Waals surface area contributed by atoms with E-state index in [1.807, 2.05) is 37.3 Å². The van der Waals surface area contributed by atoms with Crippen molar-refractivity contribution < 1.29 is 9.66 Å². The summed E-state index contributed by atoms with van der Waals surface area (Å²) in [5.74, 6) is 0.795. The molecule has 0 amide bonds. The van der Waals surface area contributed by atoms with Crippen LogP contribution < -0.4 is 4.74 Å². The molecule has 0 aliphatic heterocycles. The minimum absolute atomic E-state index is 0.0438. The Hall–Kier alpha value is -2.45. The highest BCUT2D eigenvalue weighted by atomic mass is 127. The number of benzene rings is 3. The Bertz CT molecular complexity index is 1160. The lowest BCUT2D eigenvalue weighted by atomic mass is 10.0. The van der Waals surface area contributed by atoms with Gasteiger partial charge in [0.1, 0.15) is 12.4 Å². The largest absolute Gasteiger partial charge is 0.487 e. The van der Waals surface area contributed by atoms with Gasteiger partial charge in [-0.05, 0) is 87.0 Å². The summed E-state index contributed by atoms with van der Waals surface area (Å²) in [7, 11) is 0. The number of aryl methyl sites for hydroxylation is 1. The van der Waals surface area contributed by atoms with Gasteiger partial charge >= 0.3 is 0 Å². The number of halogens is 2. The van der Waals surface area contributed by atoms with Gasteiger partial charge in [-0.2, -0.15) is 5.26 Å². The fraction of sp³-hybridized carbons (Fsp3) is 0.0870. The quantitative estimate of drug-likeness (QED) is 0.100. The smallest absolute Gasteiger partial charge is 0.270 e. The van der Waals surface area contributed by atoms with Crippen LogP contribution in [0.25, 0.3) is 11.6 Å². The first-order valence-corrected chi connectivity index (χ1v) is 11.1. The second kappa shape index (κ2) is 10.0. The number of nitriles is 1. The number of non-ortho nitro benzene ring substituents is 1. The Kier molecular flexibility index (Phi) is 7.44. The lowest BCUT2D eigenvalue weighted by molar-refractivity contribution is -0.384. The van der Waals surface area contributed by atoms with Crippen LogP contribution in [0.2, 0.25) is 0 Å². The van der Waals surface area contributed by atoms with Crippen LogP contribution in [0.3, 0.4) is 0 Å². The highest BCUT2D eigenvalue weighted by Crippen LogP contribution is 2.31. The molecular formula is C23H16I2N2O3. The Labute approximate surface area is 201 Å². The Morgan fingerprint density at radius 1 is 1.13 bits per heavy atom. The standard InChI is InChI=1S/C23H16I2N2O3/c1-15-4-2-5-16(8-15)14-30-23-21(24)10-17(11-22(23)25)9-19(13-26)18-6-3-7-20(12-18)27(28)29/h2-12H,14H2,1H3/b19-9-. The van der Waals surface area contributed by atoms with E-state index in [1.165, 1.54) is 17.7 Å². The maximum absolute atomic E-state index is 11.0. The minimum Gasteiger partial charge on any atom is -0.487 e. The number of rotatable bonds is 6. The highest BCUT2D eigenvalue weighted by Gasteiger charge is 2.12. The summed E-state index contributed by atoms with van der Waals surface area (Å²) in [5.41, 5.74) is 3.94. The topological polar surface area (TPSA) is 76.2 Å². The lowest BCUT2D eigenvalue weighted by Gasteiger charge is -2.12. The Morgan fingerprint density at radius 2 is 1.83 bits per heavy atom. The first-order chi connectivity index (χ1) is 14.4. The molecular weight excluding hydrogens is 606 g/mol. The number of hydrogen-bond donors (Lipinski definition) is 0. The Balaban J connectivity index is 1.87. The van der Waals surface area contributed by atoms with E-state index in [0.29, 0.717) is 17.7 Å². The van der Waals surface area contributed by atoms with Gasteiger partial charge in [0.25, 0.3) is 5.69 Å². The van der Waals surface area contributed by atoms with Crippen molar-refractivity contribution in [2.24, 2.45) is 0 Å². The molecule has 30 heavy (non-hydrogen) atoms. The third-order valence-electron chi connectivity index (χ3n) is 4.29. The fourth-order valence-electron chi connectivity index (χ4n) is 2.89. The van der Waals surface area contributed by atoms with Crippen LogP contribution in [0, 0.1) is 35.5 Å². The van der Waals surface area contributed by atoms with E-state index in [-0.39, 0.29) is 5.69 Å². The van der Waals surface area contributed by atoms with Crippen molar-refractivity contribution in [3.63, 3.8) is 0 Å². The zero-order valence-corrected chi connectivity index (χ0v) is 20.2. The molecule has 0 aromatic heterocycles. The van der Waals surface area contributed by atoms with Crippen molar-refractivity contribution in [3.05, 3.63) is 100 Å². The van der Waals surface area contributed by atoms with E-state index < -0.39 is 4.92 Å². The van der Waals surface area contributed by atoms with E-state index in [2.05, 4.69) is 57.3 Å². The van der Waals surface area contributed by atoms with Crippen LogP contribution in [-0.4, -0.2) is 4.92 Å². The second-order valence-corrected chi connectivity index (χ2v) is 8.89. The summed E-state index contributed by atoms with van der Waals surface area (Å²) in [4.78, 5) is 10.6. The van der Waals surface area contributed by atoms with Crippen molar-refractivity contribution in [1.29, 1.82) is 5.26 Å². The molecule has 150 valence electrons. The number of nitro groups is 1. The molecule has 3 rings (SSSR count). The molecule has 0 aliphatic rings. The van der Waals surface area contributed by atoms with Crippen LogP contribution in [-0.2, 0) is 6.61 Å².